The van der Waals surface area contributed by atoms with Crippen molar-refractivity contribution in [2.45, 2.75) is 329 Å². The van der Waals surface area contributed by atoms with E-state index in [0.29, 0.717) is 19.3 Å². The minimum atomic E-state index is -0.776. The summed E-state index contributed by atoms with van der Waals surface area (Å²) in [6.07, 6.45) is 76.5. The highest BCUT2D eigenvalue weighted by Gasteiger charge is 2.19. The van der Waals surface area contributed by atoms with Crippen LogP contribution in [0, 0.1) is 0 Å². The molecule has 72 heavy (non-hydrogen) atoms. The van der Waals surface area contributed by atoms with Gasteiger partial charge in [-0.25, -0.2) is 0 Å². The van der Waals surface area contributed by atoms with Crippen LogP contribution in [0.15, 0.2) is 60.8 Å². The van der Waals surface area contributed by atoms with E-state index >= 15 is 0 Å². The molecule has 0 bridgehead atoms. The van der Waals surface area contributed by atoms with Gasteiger partial charge in [-0.15, -0.1) is 0 Å². The molecule has 0 heterocycles. The lowest BCUT2D eigenvalue weighted by Gasteiger charge is -2.18. The molecule has 0 aliphatic carbocycles. The summed E-state index contributed by atoms with van der Waals surface area (Å²) in [4.78, 5) is 38.2. The molecule has 1 atom stereocenters. The van der Waals surface area contributed by atoms with E-state index in [4.69, 9.17) is 14.2 Å². The van der Waals surface area contributed by atoms with Gasteiger partial charge in [0.1, 0.15) is 13.2 Å². The monoisotopic (exact) mass is 1010 g/mol. The van der Waals surface area contributed by atoms with Gasteiger partial charge in [0.05, 0.1) is 0 Å². The maximum absolute atomic E-state index is 12.9. The van der Waals surface area contributed by atoms with Crippen molar-refractivity contribution in [1.29, 1.82) is 0 Å². The molecule has 0 amide bonds. The fourth-order valence-electron chi connectivity index (χ4n) is 9.08. The molecule has 0 aromatic rings. The van der Waals surface area contributed by atoms with Gasteiger partial charge in [-0.05, 0) is 83.5 Å². The molecule has 6 nitrogen and oxygen atoms in total. The first kappa shape index (κ1) is 69.1. The Hall–Kier alpha value is -2.89. The van der Waals surface area contributed by atoms with Crippen LogP contribution in [0.4, 0.5) is 0 Å². The maximum Gasteiger partial charge on any atom is 0.306 e. The predicted octanol–water partition coefficient (Wildman–Crippen LogP) is 21.2. The zero-order valence-corrected chi connectivity index (χ0v) is 47.9. The van der Waals surface area contributed by atoms with Gasteiger partial charge in [-0.3, -0.25) is 14.4 Å². The lowest BCUT2D eigenvalue weighted by molar-refractivity contribution is -0.167. The third-order valence-electron chi connectivity index (χ3n) is 13.8. The molecule has 0 aromatic carbocycles. The van der Waals surface area contributed by atoms with Gasteiger partial charge in [-0.2, -0.15) is 0 Å². The van der Waals surface area contributed by atoms with Crippen molar-refractivity contribution in [3.05, 3.63) is 60.8 Å². The van der Waals surface area contributed by atoms with Crippen LogP contribution in [0.25, 0.3) is 0 Å². The summed E-state index contributed by atoms with van der Waals surface area (Å²) in [5.74, 6) is -0.867. The first-order valence-corrected chi connectivity index (χ1v) is 31.3. The number of hydrogen-bond acceptors (Lipinski definition) is 6. The quantitative estimate of drug-likeness (QED) is 0.0261. The third-order valence-corrected chi connectivity index (χ3v) is 13.8. The summed E-state index contributed by atoms with van der Waals surface area (Å²) < 4.78 is 16.9. The van der Waals surface area contributed by atoms with Crippen molar-refractivity contribution in [3.8, 4) is 0 Å². The molecule has 1 unspecified atom stereocenters. The smallest absolute Gasteiger partial charge is 0.306 e. The fourth-order valence-corrected chi connectivity index (χ4v) is 9.08. The highest BCUT2D eigenvalue weighted by molar-refractivity contribution is 5.71. The SMILES string of the molecule is CC/C=C\C/C=C\C/C=C\C/C=C\CCCCCCCCCCCCCCC(=O)OCC(COC(=O)CCCCCCC/C=C\CCCCCC)OC(=O)CCCCCCCCCCCCCCCCCC. The molecule has 0 aromatic heterocycles. The van der Waals surface area contributed by atoms with Gasteiger partial charge in [-0.1, -0.05) is 281 Å². The van der Waals surface area contributed by atoms with Crippen LogP contribution in [0.5, 0.6) is 0 Å². The summed E-state index contributed by atoms with van der Waals surface area (Å²) in [6.45, 7) is 6.55. The Morgan fingerprint density at radius 1 is 0.292 bits per heavy atom. The van der Waals surface area contributed by atoms with E-state index in [1.54, 1.807) is 0 Å². The number of ether oxygens (including phenoxy) is 3. The number of carbonyl (C=O) groups excluding carboxylic acids is 3. The molecule has 0 rings (SSSR count). The molecule has 6 heteroatoms. The van der Waals surface area contributed by atoms with Crippen molar-refractivity contribution in [2.75, 3.05) is 13.2 Å². The minimum Gasteiger partial charge on any atom is -0.462 e. The van der Waals surface area contributed by atoms with Crippen LogP contribution < -0.4 is 0 Å². The Kier molecular flexibility index (Phi) is 58.2. The molecular weight excluding hydrogens is 889 g/mol. The van der Waals surface area contributed by atoms with Crippen molar-refractivity contribution >= 4 is 17.9 Å². The highest BCUT2D eigenvalue weighted by Crippen LogP contribution is 2.17. The van der Waals surface area contributed by atoms with Crippen LogP contribution in [0.2, 0.25) is 0 Å². The van der Waals surface area contributed by atoms with Crippen molar-refractivity contribution in [1.82, 2.24) is 0 Å². The van der Waals surface area contributed by atoms with Gasteiger partial charge >= 0.3 is 17.9 Å². The maximum atomic E-state index is 12.9. The van der Waals surface area contributed by atoms with Gasteiger partial charge in [0.25, 0.3) is 0 Å². The van der Waals surface area contributed by atoms with Crippen LogP contribution in [0.1, 0.15) is 323 Å². The van der Waals surface area contributed by atoms with E-state index in [1.165, 1.54) is 193 Å². The molecule has 0 radical (unpaired) electrons. The Morgan fingerprint density at radius 2 is 0.542 bits per heavy atom. The first-order valence-electron chi connectivity index (χ1n) is 31.3. The second-order valence-electron chi connectivity index (χ2n) is 20.9. The molecule has 0 N–H and O–H groups in total. The number of carbonyl (C=O) groups is 3. The predicted molar refractivity (Wildman–Crippen MR) is 312 cm³/mol. The van der Waals surface area contributed by atoms with E-state index in [2.05, 4.69) is 81.5 Å². The van der Waals surface area contributed by atoms with E-state index in [9.17, 15) is 14.4 Å². The van der Waals surface area contributed by atoms with Crippen molar-refractivity contribution < 1.29 is 28.6 Å². The van der Waals surface area contributed by atoms with Gasteiger partial charge in [0.15, 0.2) is 6.10 Å². The average molecular weight is 1010 g/mol. The van der Waals surface area contributed by atoms with Crippen LogP contribution in [-0.2, 0) is 28.6 Å². The number of esters is 3. The summed E-state index contributed by atoms with van der Waals surface area (Å²) in [7, 11) is 0. The lowest BCUT2D eigenvalue weighted by atomic mass is 10.0. The molecule has 418 valence electrons. The molecule has 0 saturated heterocycles. The second kappa shape index (κ2) is 60.7. The van der Waals surface area contributed by atoms with Crippen LogP contribution >= 0.6 is 0 Å². The topological polar surface area (TPSA) is 78.9 Å². The zero-order valence-electron chi connectivity index (χ0n) is 47.9. The molecule has 0 aliphatic rings. The Balaban J connectivity index is 4.27. The zero-order chi connectivity index (χ0) is 52.2. The normalized spacial score (nSPS) is 12.4. The average Bonchev–Trinajstić information content (AvgIpc) is 3.38. The number of unbranched alkanes of at least 4 members (excludes halogenated alkanes) is 36. The molecule has 0 aliphatic heterocycles. The highest BCUT2D eigenvalue weighted by atomic mass is 16.6. The summed E-state index contributed by atoms with van der Waals surface area (Å²) in [5, 5.41) is 0. The molecule has 0 saturated carbocycles. The Labute approximate surface area is 447 Å². The Bertz CT molecular complexity index is 1290. The first-order chi connectivity index (χ1) is 35.5. The van der Waals surface area contributed by atoms with Gasteiger partial charge in [0, 0.05) is 19.3 Å². The number of hydrogen-bond donors (Lipinski definition) is 0. The molecule has 0 spiro atoms. The minimum absolute atomic E-state index is 0.0741. The summed E-state index contributed by atoms with van der Waals surface area (Å²) in [6, 6.07) is 0. The molecule has 0 fully saturated rings. The third kappa shape index (κ3) is 58.0. The largest absolute Gasteiger partial charge is 0.462 e. The number of rotatable bonds is 57. The van der Waals surface area contributed by atoms with E-state index in [-0.39, 0.29) is 31.1 Å². The van der Waals surface area contributed by atoms with Crippen molar-refractivity contribution in [2.24, 2.45) is 0 Å². The van der Waals surface area contributed by atoms with Crippen LogP contribution in [-0.4, -0.2) is 37.2 Å². The molecular formula is C66H118O6. The summed E-state index contributed by atoms with van der Waals surface area (Å²) >= 11 is 0. The Morgan fingerprint density at radius 3 is 0.875 bits per heavy atom. The van der Waals surface area contributed by atoms with E-state index < -0.39 is 6.10 Å². The number of allylic oxidation sites excluding steroid dienone is 10. The standard InChI is InChI=1S/C66H118O6/c1-4-7-10-13-16-19-22-25-27-29-30-31-32-33-34-35-36-37-39-41-44-47-50-53-56-59-65(68)71-62-63(61-70-64(67)58-55-52-49-46-43-40-24-21-18-15-12-9-6-3)72-66(69)60-57-54-51-48-45-42-38-28-26-23-20-17-14-11-8-5-2/h7,10,16,19,21,24-25,27,30-31,63H,4-6,8-9,11-15,17-18,20,22-23,26,28-29,32-62H2,1-3H3/b10-7-,19-16-,24-21-,27-25-,31-30-. The van der Waals surface area contributed by atoms with E-state index in [1.807, 2.05) is 0 Å². The lowest BCUT2D eigenvalue weighted by Crippen LogP contribution is -2.30. The summed E-state index contributed by atoms with van der Waals surface area (Å²) in [5.41, 5.74) is 0. The van der Waals surface area contributed by atoms with E-state index in [0.717, 1.165) is 89.9 Å². The van der Waals surface area contributed by atoms with Gasteiger partial charge < -0.3 is 14.2 Å². The van der Waals surface area contributed by atoms with Crippen LogP contribution in [0.3, 0.4) is 0 Å². The van der Waals surface area contributed by atoms with Gasteiger partial charge in [0.2, 0.25) is 0 Å². The fraction of sp³-hybridized carbons (Fsp3) is 0.803. The second-order valence-corrected chi connectivity index (χ2v) is 20.9. The van der Waals surface area contributed by atoms with Crippen molar-refractivity contribution in [3.63, 3.8) is 0 Å².